The Labute approximate surface area is 191 Å². The molecule has 2 aromatic rings. The highest BCUT2D eigenvalue weighted by molar-refractivity contribution is 5.69. The van der Waals surface area contributed by atoms with Crippen LogP contribution in [0.1, 0.15) is 66.8 Å². The van der Waals surface area contributed by atoms with Crippen LogP contribution in [-0.2, 0) is 20.7 Å². The molecule has 0 radical (unpaired) electrons. The zero-order valence-electron chi connectivity index (χ0n) is 20.1. The molecule has 2 N–H and O–H groups in total. The first kappa shape index (κ1) is 25.8. The van der Waals surface area contributed by atoms with Crippen LogP contribution in [-0.4, -0.2) is 32.1 Å². The highest BCUT2D eigenvalue weighted by Gasteiger charge is 2.21. The first-order chi connectivity index (χ1) is 15.2. The van der Waals surface area contributed by atoms with Gasteiger partial charge < -0.3 is 19.3 Å². The number of ether oxygens (including phenoxy) is 3. The number of aryl methyl sites for hydroxylation is 3. The number of aliphatic hydroxyl groups is 1. The predicted molar refractivity (Wildman–Crippen MR) is 125 cm³/mol. The number of rotatable bonds is 12. The van der Waals surface area contributed by atoms with Crippen molar-refractivity contribution in [2.75, 3.05) is 21.0 Å². The van der Waals surface area contributed by atoms with Gasteiger partial charge in [0.05, 0.1) is 7.11 Å². The Balaban J connectivity index is 2.34. The lowest BCUT2D eigenvalue weighted by Gasteiger charge is -2.27. The Hall–Kier alpha value is -2.41. The lowest BCUT2D eigenvalue weighted by molar-refractivity contribution is -0.140. The minimum atomic E-state index is -0.932. The number of methoxy groups -OCH3 is 2. The molecule has 0 amide bonds. The molecule has 6 heteroatoms. The Morgan fingerprint density at radius 1 is 1.06 bits per heavy atom. The van der Waals surface area contributed by atoms with Crippen LogP contribution < -0.4 is 10.1 Å². The van der Waals surface area contributed by atoms with Crippen molar-refractivity contribution in [3.8, 4) is 5.75 Å². The van der Waals surface area contributed by atoms with Crippen molar-refractivity contribution in [1.82, 2.24) is 5.32 Å². The topological polar surface area (TPSA) is 77.0 Å². The number of nitrogens with one attached hydrogen (secondary N) is 1. The van der Waals surface area contributed by atoms with E-state index in [1.165, 1.54) is 18.2 Å². The lowest BCUT2D eigenvalue weighted by Crippen LogP contribution is -2.28. The third-order valence-electron chi connectivity index (χ3n) is 5.29. The fraction of sp³-hybridized carbons (Fsp3) is 0.500. The van der Waals surface area contributed by atoms with Crippen LogP contribution in [0.15, 0.2) is 36.4 Å². The highest BCUT2D eigenvalue weighted by Crippen LogP contribution is 2.29. The highest BCUT2D eigenvalue weighted by atomic mass is 16.7. The number of benzene rings is 2. The van der Waals surface area contributed by atoms with Crippen LogP contribution in [0.2, 0.25) is 0 Å². The second-order valence-electron chi connectivity index (χ2n) is 8.66. The third-order valence-corrected chi connectivity index (χ3v) is 5.29. The molecule has 0 saturated heterocycles. The van der Waals surface area contributed by atoms with Crippen LogP contribution in [0.5, 0.6) is 5.75 Å². The van der Waals surface area contributed by atoms with Crippen molar-refractivity contribution >= 4 is 5.97 Å². The standard InChI is InChI=1S/C26H37NO5/c1-17(2)11-24(21-13-18(3)12-19(4)14-21)27-26(29)23-15-22(32-16-30-5)9-7-20(23)8-10-25(28)31-6/h7,9,12-15,17,24,26-27,29H,8,10-11,16H2,1-6H3. The molecule has 0 aliphatic rings. The summed E-state index contributed by atoms with van der Waals surface area (Å²) in [5, 5.41) is 14.7. The summed E-state index contributed by atoms with van der Waals surface area (Å²) < 4.78 is 15.4. The Morgan fingerprint density at radius 3 is 2.34 bits per heavy atom. The molecular weight excluding hydrogens is 406 g/mol. The van der Waals surface area contributed by atoms with Gasteiger partial charge in [-0.1, -0.05) is 49.2 Å². The van der Waals surface area contributed by atoms with E-state index in [4.69, 9.17) is 14.2 Å². The molecule has 0 aromatic heterocycles. The van der Waals surface area contributed by atoms with Crippen molar-refractivity contribution in [3.05, 3.63) is 64.2 Å². The molecule has 2 unspecified atom stereocenters. The average Bonchev–Trinajstić information content (AvgIpc) is 2.74. The maximum absolute atomic E-state index is 11.7. The first-order valence-electron chi connectivity index (χ1n) is 11.1. The van der Waals surface area contributed by atoms with Gasteiger partial charge in [-0.15, -0.1) is 0 Å². The van der Waals surface area contributed by atoms with Gasteiger partial charge in [-0.2, -0.15) is 0 Å². The van der Waals surface area contributed by atoms with E-state index in [0.717, 1.165) is 17.5 Å². The number of esters is 1. The Kier molecular flexibility index (Phi) is 10.2. The van der Waals surface area contributed by atoms with Crippen LogP contribution in [0, 0.1) is 19.8 Å². The second kappa shape index (κ2) is 12.6. The van der Waals surface area contributed by atoms with Gasteiger partial charge in [0, 0.05) is 25.1 Å². The molecule has 2 atom stereocenters. The minimum Gasteiger partial charge on any atom is -0.469 e. The number of carbonyl (C=O) groups excluding carboxylic acids is 1. The average molecular weight is 444 g/mol. The Bertz CT molecular complexity index is 860. The van der Waals surface area contributed by atoms with Crippen molar-refractivity contribution in [2.24, 2.45) is 5.92 Å². The normalized spacial score (nSPS) is 13.1. The molecule has 2 aromatic carbocycles. The van der Waals surface area contributed by atoms with Gasteiger partial charge in [0.1, 0.15) is 12.0 Å². The van der Waals surface area contributed by atoms with Gasteiger partial charge in [-0.25, -0.2) is 0 Å². The summed E-state index contributed by atoms with van der Waals surface area (Å²) in [5.41, 5.74) is 5.08. The van der Waals surface area contributed by atoms with Crippen LogP contribution >= 0.6 is 0 Å². The van der Waals surface area contributed by atoms with Crippen molar-refractivity contribution in [3.63, 3.8) is 0 Å². The van der Waals surface area contributed by atoms with E-state index in [1.807, 2.05) is 12.1 Å². The van der Waals surface area contributed by atoms with Crippen molar-refractivity contribution < 1.29 is 24.1 Å². The van der Waals surface area contributed by atoms with E-state index in [9.17, 15) is 9.90 Å². The first-order valence-corrected chi connectivity index (χ1v) is 11.1. The zero-order valence-corrected chi connectivity index (χ0v) is 20.1. The lowest BCUT2D eigenvalue weighted by atomic mass is 9.93. The summed E-state index contributed by atoms with van der Waals surface area (Å²) in [7, 11) is 2.93. The molecule has 0 fully saturated rings. The molecule has 32 heavy (non-hydrogen) atoms. The van der Waals surface area contributed by atoms with Gasteiger partial charge in [-0.3, -0.25) is 10.1 Å². The van der Waals surface area contributed by atoms with Crippen molar-refractivity contribution in [2.45, 2.75) is 59.2 Å². The number of carbonyl (C=O) groups is 1. The van der Waals surface area contributed by atoms with E-state index in [2.05, 4.69) is 51.2 Å². The van der Waals surface area contributed by atoms with Gasteiger partial charge in [0.25, 0.3) is 0 Å². The third kappa shape index (κ3) is 7.93. The van der Waals surface area contributed by atoms with Gasteiger partial charge in [0.15, 0.2) is 6.79 Å². The summed E-state index contributed by atoms with van der Waals surface area (Å²) in [6.07, 6.45) is 0.639. The molecule has 0 heterocycles. The van der Waals surface area contributed by atoms with E-state index in [-0.39, 0.29) is 25.2 Å². The number of aliphatic hydroxyl groups excluding tert-OH is 1. The summed E-state index contributed by atoms with van der Waals surface area (Å²) >= 11 is 0. The van der Waals surface area contributed by atoms with E-state index in [0.29, 0.717) is 23.7 Å². The summed E-state index contributed by atoms with van der Waals surface area (Å²) in [6.45, 7) is 8.63. The molecule has 0 aliphatic carbocycles. The predicted octanol–water partition coefficient (Wildman–Crippen LogP) is 4.76. The van der Waals surface area contributed by atoms with Crippen molar-refractivity contribution in [1.29, 1.82) is 0 Å². The minimum absolute atomic E-state index is 0.0272. The SMILES string of the molecule is COCOc1ccc(CCC(=O)OC)c(C(O)NC(CC(C)C)c2cc(C)cc(C)c2)c1. The fourth-order valence-corrected chi connectivity index (χ4v) is 3.87. The largest absolute Gasteiger partial charge is 0.469 e. The maximum Gasteiger partial charge on any atom is 0.305 e. The van der Waals surface area contributed by atoms with E-state index < -0.39 is 6.23 Å². The fourth-order valence-electron chi connectivity index (χ4n) is 3.87. The summed E-state index contributed by atoms with van der Waals surface area (Å²) in [5.74, 6) is 0.748. The van der Waals surface area contributed by atoms with Gasteiger partial charge in [0.2, 0.25) is 0 Å². The Morgan fingerprint density at radius 2 is 1.75 bits per heavy atom. The molecular formula is C26H37NO5. The molecule has 6 nitrogen and oxygen atoms in total. The zero-order chi connectivity index (χ0) is 23.7. The molecule has 2 rings (SSSR count). The summed E-state index contributed by atoms with van der Waals surface area (Å²) in [4.78, 5) is 11.7. The molecule has 0 aliphatic heterocycles. The smallest absolute Gasteiger partial charge is 0.305 e. The number of hydrogen-bond donors (Lipinski definition) is 2. The number of hydrogen-bond acceptors (Lipinski definition) is 6. The van der Waals surface area contributed by atoms with Gasteiger partial charge in [-0.05, 0) is 55.9 Å². The quantitative estimate of drug-likeness (QED) is 0.364. The second-order valence-corrected chi connectivity index (χ2v) is 8.66. The molecule has 0 spiro atoms. The van der Waals surface area contributed by atoms with Crippen LogP contribution in [0.3, 0.4) is 0 Å². The molecule has 176 valence electrons. The van der Waals surface area contributed by atoms with Crippen LogP contribution in [0.4, 0.5) is 0 Å². The van der Waals surface area contributed by atoms with E-state index >= 15 is 0 Å². The van der Waals surface area contributed by atoms with Crippen LogP contribution in [0.25, 0.3) is 0 Å². The van der Waals surface area contributed by atoms with Gasteiger partial charge >= 0.3 is 5.97 Å². The monoisotopic (exact) mass is 443 g/mol. The molecule has 0 bridgehead atoms. The maximum atomic E-state index is 11.7. The summed E-state index contributed by atoms with van der Waals surface area (Å²) in [6, 6.07) is 11.9. The van der Waals surface area contributed by atoms with E-state index in [1.54, 1.807) is 13.2 Å². The molecule has 0 saturated carbocycles.